The Balaban J connectivity index is 1.29. The first kappa shape index (κ1) is 24.7. The van der Waals surface area contributed by atoms with Crippen molar-refractivity contribution >= 4 is 17.4 Å². The SMILES string of the molecule is CCOc1ccc(CCNC(=O)CCc2nnc3ccc(N4CCN(C)CC4)nn23)cc1OCC. The zero-order valence-corrected chi connectivity index (χ0v) is 20.9. The average molecular weight is 482 g/mol. The van der Waals surface area contributed by atoms with E-state index in [4.69, 9.17) is 14.6 Å². The number of nitrogens with zero attached hydrogens (tertiary/aromatic N) is 6. The topological polar surface area (TPSA) is 97.1 Å². The molecule has 3 aromatic rings. The number of carbonyl (C=O) groups is 1. The van der Waals surface area contributed by atoms with Gasteiger partial charge >= 0.3 is 0 Å². The lowest BCUT2D eigenvalue weighted by atomic mass is 10.1. The van der Waals surface area contributed by atoms with Gasteiger partial charge in [0, 0.05) is 45.6 Å². The fourth-order valence-electron chi connectivity index (χ4n) is 4.09. The maximum absolute atomic E-state index is 12.5. The minimum atomic E-state index is -0.0204. The summed E-state index contributed by atoms with van der Waals surface area (Å²) in [6.07, 6.45) is 1.51. The lowest BCUT2D eigenvalue weighted by Crippen LogP contribution is -2.45. The Morgan fingerprint density at radius 3 is 2.51 bits per heavy atom. The van der Waals surface area contributed by atoms with Crippen molar-refractivity contribution in [3.05, 3.63) is 41.7 Å². The number of nitrogens with one attached hydrogen (secondary N) is 1. The van der Waals surface area contributed by atoms with E-state index in [1.54, 1.807) is 4.52 Å². The molecule has 1 N–H and O–H groups in total. The van der Waals surface area contributed by atoms with Crippen LogP contribution in [0.5, 0.6) is 11.5 Å². The summed E-state index contributed by atoms with van der Waals surface area (Å²) in [6.45, 7) is 9.51. The molecule has 1 saturated heterocycles. The van der Waals surface area contributed by atoms with Gasteiger partial charge in [-0.3, -0.25) is 4.79 Å². The van der Waals surface area contributed by atoms with Crippen LogP contribution >= 0.6 is 0 Å². The van der Waals surface area contributed by atoms with E-state index in [9.17, 15) is 4.79 Å². The number of carbonyl (C=O) groups excluding carboxylic acids is 1. The molecule has 0 aliphatic carbocycles. The predicted octanol–water partition coefficient (Wildman–Crippen LogP) is 1.97. The van der Waals surface area contributed by atoms with Gasteiger partial charge in [-0.2, -0.15) is 4.52 Å². The molecule has 188 valence electrons. The first-order valence-corrected chi connectivity index (χ1v) is 12.4. The molecule has 3 heterocycles. The predicted molar refractivity (Wildman–Crippen MR) is 134 cm³/mol. The van der Waals surface area contributed by atoms with Gasteiger partial charge in [0.15, 0.2) is 23.0 Å². The second kappa shape index (κ2) is 11.8. The zero-order valence-electron chi connectivity index (χ0n) is 20.9. The maximum Gasteiger partial charge on any atom is 0.220 e. The molecule has 1 aromatic carbocycles. The lowest BCUT2D eigenvalue weighted by molar-refractivity contribution is -0.121. The van der Waals surface area contributed by atoms with Crippen molar-refractivity contribution in [2.45, 2.75) is 33.1 Å². The fourth-order valence-corrected chi connectivity index (χ4v) is 4.09. The minimum Gasteiger partial charge on any atom is -0.490 e. The third-order valence-electron chi connectivity index (χ3n) is 6.06. The molecule has 1 aliphatic heterocycles. The van der Waals surface area contributed by atoms with Crippen molar-refractivity contribution in [1.29, 1.82) is 0 Å². The van der Waals surface area contributed by atoms with E-state index in [2.05, 4.69) is 32.4 Å². The first-order valence-electron chi connectivity index (χ1n) is 12.4. The van der Waals surface area contributed by atoms with Crippen LogP contribution in [0.4, 0.5) is 5.82 Å². The second-order valence-electron chi connectivity index (χ2n) is 8.62. The van der Waals surface area contributed by atoms with Crippen molar-refractivity contribution in [2.75, 3.05) is 57.9 Å². The van der Waals surface area contributed by atoms with Crippen LogP contribution in [-0.2, 0) is 17.6 Å². The number of aromatic nitrogens is 4. The Morgan fingerprint density at radius 2 is 1.74 bits per heavy atom. The standard InChI is InChI=1S/C25H35N7O3/c1-4-34-20-7-6-19(18-21(20)35-5-2)12-13-26-25(33)11-10-23-28-27-22-8-9-24(29-32(22)23)31-16-14-30(3)15-17-31/h6-9,18H,4-5,10-17H2,1-3H3,(H,26,33). The van der Waals surface area contributed by atoms with E-state index >= 15 is 0 Å². The molecular weight excluding hydrogens is 446 g/mol. The zero-order chi connectivity index (χ0) is 24.6. The third kappa shape index (κ3) is 6.39. The molecule has 1 fully saturated rings. The van der Waals surface area contributed by atoms with E-state index in [1.165, 1.54) is 0 Å². The van der Waals surface area contributed by atoms with Crippen LogP contribution in [0.1, 0.15) is 31.7 Å². The molecule has 0 radical (unpaired) electrons. The highest BCUT2D eigenvalue weighted by molar-refractivity contribution is 5.76. The molecule has 0 atom stereocenters. The highest BCUT2D eigenvalue weighted by Gasteiger charge is 2.17. The van der Waals surface area contributed by atoms with Gasteiger partial charge in [-0.1, -0.05) is 6.07 Å². The molecule has 35 heavy (non-hydrogen) atoms. The van der Waals surface area contributed by atoms with Crippen LogP contribution in [-0.4, -0.2) is 83.6 Å². The molecule has 4 rings (SSSR count). The largest absolute Gasteiger partial charge is 0.490 e. The number of aryl methyl sites for hydroxylation is 1. The van der Waals surface area contributed by atoms with Gasteiger partial charge in [0.2, 0.25) is 5.91 Å². The van der Waals surface area contributed by atoms with Crippen LogP contribution in [0.15, 0.2) is 30.3 Å². The average Bonchev–Trinajstić information content (AvgIpc) is 3.27. The molecule has 0 spiro atoms. The number of amides is 1. The number of anilines is 1. The van der Waals surface area contributed by atoms with Crippen molar-refractivity contribution in [3.63, 3.8) is 0 Å². The summed E-state index contributed by atoms with van der Waals surface area (Å²) in [5.41, 5.74) is 1.78. The second-order valence-corrected chi connectivity index (χ2v) is 8.62. The fraction of sp³-hybridized carbons (Fsp3) is 0.520. The third-order valence-corrected chi connectivity index (χ3v) is 6.06. The maximum atomic E-state index is 12.5. The van der Waals surface area contributed by atoms with E-state index in [1.807, 2.05) is 44.2 Å². The molecule has 1 aliphatic rings. The molecule has 0 unspecified atom stereocenters. The number of ether oxygens (including phenoxy) is 2. The van der Waals surface area contributed by atoms with Gasteiger partial charge in [0.1, 0.15) is 5.82 Å². The van der Waals surface area contributed by atoms with Crippen LogP contribution < -0.4 is 19.7 Å². The number of likely N-dealkylation sites (N-methyl/N-ethyl adjacent to an activating group) is 1. The van der Waals surface area contributed by atoms with E-state index in [-0.39, 0.29) is 5.91 Å². The number of hydrogen-bond donors (Lipinski definition) is 1. The van der Waals surface area contributed by atoms with Crippen molar-refractivity contribution in [1.82, 2.24) is 30.0 Å². The molecule has 0 bridgehead atoms. The first-order chi connectivity index (χ1) is 17.1. The summed E-state index contributed by atoms with van der Waals surface area (Å²) in [6, 6.07) is 9.83. The lowest BCUT2D eigenvalue weighted by Gasteiger charge is -2.33. The van der Waals surface area contributed by atoms with Crippen molar-refractivity contribution in [3.8, 4) is 11.5 Å². The molecular formula is C25H35N7O3. The van der Waals surface area contributed by atoms with Crippen LogP contribution in [0.3, 0.4) is 0 Å². The normalized spacial score (nSPS) is 14.3. The Hall–Kier alpha value is -3.40. The Morgan fingerprint density at radius 1 is 0.971 bits per heavy atom. The van der Waals surface area contributed by atoms with Gasteiger partial charge in [-0.05, 0) is 57.1 Å². The Labute approximate surface area is 206 Å². The monoisotopic (exact) mass is 481 g/mol. The Bertz CT molecular complexity index is 1130. The summed E-state index contributed by atoms with van der Waals surface area (Å²) < 4.78 is 13.1. The molecule has 0 saturated carbocycles. The highest BCUT2D eigenvalue weighted by atomic mass is 16.5. The number of hydrogen-bond acceptors (Lipinski definition) is 8. The van der Waals surface area contributed by atoms with E-state index in [0.717, 1.165) is 49.1 Å². The van der Waals surface area contributed by atoms with Gasteiger partial charge in [0.05, 0.1) is 13.2 Å². The smallest absolute Gasteiger partial charge is 0.220 e. The van der Waals surface area contributed by atoms with Crippen LogP contribution in [0.25, 0.3) is 5.65 Å². The van der Waals surface area contributed by atoms with Gasteiger partial charge in [0.25, 0.3) is 0 Å². The van der Waals surface area contributed by atoms with Crippen LogP contribution in [0, 0.1) is 0 Å². The quantitative estimate of drug-likeness (QED) is 0.444. The summed E-state index contributed by atoms with van der Waals surface area (Å²) in [7, 11) is 2.13. The van der Waals surface area contributed by atoms with Crippen molar-refractivity contribution < 1.29 is 14.3 Å². The molecule has 2 aromatic heterocycles. The summed E-state index contributed by atoms with van der Waals surface area (Å²) in [4.78, 5) is 17.1. The molecule has 10 nitrogen and oxygen atoms in total. The van der Waals surface area contributed by atoms with E-state index < -0.39 is 0 Å². The van der Waals surface area contributed by atoms with Crippen molar-refractivity contribution in [2.24, 2.45) is 0 Å². The van der Waals surface area contributed by atoms with Gasteiger partial charge in [-0.15, -0.1) is 15.3 Å². The van der Waals surface area contributed by atoms with E-state index in [0.29, 0.717) is 50.5 Å². The molecule has 10 heteroatoms. The minimum absolute atomic E-state index is 0.0204. The molecule has 1 amide bonds. The summed E-state index contributed by atoms with van der Waals surface area (Å²) in [5, 5.41) is 16.2. The highest BCUT2D eigenvalue weighted by Crippen LogP contribution is 2.28. The summed E-state index contributed by atoms with van der Waals surface area (Å²) in [5.74, 6) is 3.07. The van der Waals surface area contributed by atoms with Gasteiger partial charge in [-0.25, -0.2) is 0 Å². The van der Waals surface area contributed by atoms with Gasteiger partial charge < -0.3 is 24.6 Å². The number of fused-ring (bicyclic) bond motifs is 1. The number of benzene rings is 1. The summed E-state index contributed by atoms with van der Waals surface area (Å²) >= 11 is 0. The number of piperazine rings is 1. The number of rotatable bonds is 11. The Kier molecular flexibility index (Phi) is 8.36. The van der Waals surface area contributed by atoms with Crippen LogP contribution in [0.2, 0.25) is 0 Å².